The smallest absolute Gasteiger partial charge is 0.338 e. The Bertz CT molecular complexity index is 490. The number of hydrogen-bond donors (Lipinski definition) is 1. The zero-order valence-electron chi connectivity index (χ0n) is 11.7. The molecule has 0 radical (unpaired) electrons. The normalized spacial score (nSPS) is 11.6. The second kappa shape index (κ2) is 7.47. The highest BCUT2D eigenvalue weighted by Gasteiger charge is 2.13. The molecule has 1 amide bonds. The molecule has 0 fully saturated rings. The van der Waals surface area contributed by atoms with Crippen molar-refractivity contribution in [3.63, 3.8) is 0 Å². The Balaban J connectivity index is 2.55. The first kappa shape index (κ1) is 15.9. The van der Waals surface area contributed by atoms with Crippen LogP contribution < -0.4 is 10.1 Å². The van der Waals surface area contributed by atoms with Crippen molar-refractivity contribution in [2.75, 3.05) is 13.7 Å². The van der Waals surface area contributed by atoms with Crippen LogP contribution in [0.1, 0.15) is 30.6 Å². The van der Waals surface area contributed by atoms with E-state index in [1.807, 2.05) is 13.8 Å². The number of ether oxygens (including phenoxy) is 2. The Kier molecular flexibility index (Phi) is 5.96. The number of carbonyl (C=O) groups excluding carboxylic acids is 2. The Hall–Kier alpha value is -2.11. The molecule has 0 aliphatic heterocycles. The third-order valence-corrected chi connectivity index (χ3v) is 2.74. The van der Waals surface area contributed by atoms with Gasteiger partial charge in [-0.3, -0.25) is 4.79 Å². The predicted octanol–water partition coefficient (Wildman–Crippen LogP) is 1.91. The molecule has 0 bridgehead atoms. The van der Waals surface area contributed by atoms with E-state index in [1.165, 1.54) is 19.2 Å². The molecule has 1 N–H and O–H groups in total. The van der Waals surface area contributed by atoms with Crippen molar-refractivity contribution in [2.24, 2.45) is 0 Å². The summed E-state index contributed by atoms with van der Waals surface area (Å²) in [4.78, 5) is 23.1. The molecule has 1 rings (SSSR count). The number of carbonyl (C=O) groups is 2. The van der Waals surface area contributed by atoms with Crippen molar-refractivity contribution >= 4 is 11.9 Å². The molecule has 0 heterocycles. The van der Waals surface area contributed by atoms with E-state index in [0.717, 1.165) is 12.5 Å². The molecular formula is C14H18FNO4. The molecule has 1 aromatic carbocycles. The number of nitrogens with one attached hydrogen (secondary N) is 1. The van der Waals surface area contributed by atoms with Gasteiger partial charge in [-0.15, -0.1) is 0 Å². The van der Waals surface area contributed by atoms with E-state index < -0.39 is 18.4 Å². The molecule has 5 nitrogen and oxygen atoms in total. The van der Waals surface area contributed by atoms with E-state index in [0.29, 0.717) is 0 Å². The fourth-order valence-corrected chi connectivity index (χ4v) is 1.43. The molecule has 0 spiro atoms. The highest BCUT2D eigenvalue weighted by atomic mass is 19.1. The van der Waals surface area contributed by atoms with Crippen molar-refractivity contribution in [1.82, 2.24) is 5.32 Å². The SMILES string of the molecule is CCC(C)NC(=O)COC(=O)c1ccc(OC)c(F)c1. The van der Waals surface area contributed by atoms with Gasteiger partial charge in [0.1, 0.15) is 0 Å². The average molecular weight is 283 g/mol. The van der Waals surface area contributed by atoms with E-state index in [-0.39, 0.29) is 23.3 Å². The van der Waals surface area contributed by atoms with E-state index in [4.69, 9.17) is 9.47 Å². The molecule has 6 heteroatoms. The number of rotatable bonds is 6. The number of esters is 1. The Morgan fingerprint density at radius 1 is 1.40 bits per heavy atom. The molecule has 0 saturated heterocycles. The van der Waals surface area contributed by atoms with Crippen molar-refractivity contribution in [3.05, 3.63) is 29.6 Å². The lowest BCUT2D eigenvalue weighted by Gasteiger charge is -2.11. The van der Waals surface area contributed by atoms with Gasteiger partial charge in [0.2, 0.25) is 0 Å². The third kappa shape index (κ3) is 4.53. The van der Waals surface area contributed by atoms with Crippen LogP contribution in [0.25, 0.3) is 0 Å². The summed E-state index contributed by atoms with van der Waals surface area (Å²) in [5.74, 6) is -1.77. The zero-order valence-corrected chi connectivity index (χ0v) is 11.7. The van der Waals surface area contributed by atoms with Gasteiger partial charge in [0.05, 0.1) is 12.7 Å². The molecule has 0 aromatic heterocycles. The summed E-state index contributed by atoms with van der Waals surface area (Å²) >= 11 is 0. The molecular weight excluding hydrogens is 265 g/mol. The van der Waals surface area contributed by atoms with Crippen molar-refractivity contribution in [2.45, 2.75) is 26.3 Å². The maximum Gasteiger partial charge on any atom is 0.338 e. The maximum atomic E-state index is 13.4. The zero-order chi connectivity index (χ0) is 15.1. The molecule has 20 heavy (non-hydrogen) atoms. The summed E-state index contributed by atoms with van der Waals surface area (Å²) in [6, 6.07) is 3.72. The van der Waals surface area contributed by atoms with Crippen LogP contribution in [0.2, 0.25) is 0 Å². The van der Waals surface area contributed by atoms with Gasteiger partial charge in [0.25, 0.3) is 5.91 Å². The van der Waals surface area contributed by atoms with Crippen LogP contribution in [0.3, 0.4) is 0 Å². The lowest BCUT2D eigenvalue weighted by atomic mass is 10.2. The molecule has 0 saturated carbocycles. The van der Waals surface area contributed by atoms with Crippen molar-refractivity contribution < 1.29 is 23.5 Å². The average Bonchev–Trinajstić information content (AvgIpc) is 2.44. The van der Waals surface area contributed by atoms with Gasteiger partial charge in [-0.25, -0.2) is 9.18 Å². The van der Waals surface area contributed by atoms with Crippen LogP contribution in [0.5, 0.6) is 5.75 Å². The number of halogens is 1. The first-order valence-electron chi connectivity index (χ1n) is 6.28. The summed E-state index contributed by atoms with van der Waals surface area (Å²) in [5.41, 5.74) is 0.0274. The number of hydrogen-bond acceptors (Lipinski definition) is 4. The molecule has 0 aliphatic rings. The molecule has 1 aromatic rings. The van der Waals surface area contributed by atoms with E-state index in [9.17, 15) is 14.0 Å². The van der Waals surface area contributed by atoms with Crippen LogP contribution in [-0.4, -0.2) is 31.6 Å². The van der Waals surface area contributed by atoms with Crippen LogP contribution in [0, 0.1) is 5.82 Å². The van der Waals surface area contributed by atoms with E-state index >= 15 is 0 Å². The van der Waals surface area contributed by atoms with Gasteiger partial charge in [-0.2, -0.15) is 0 Å². The summed E-state index contributed by atoms with van der Waals surface area (Å²) < 4.78 is 23.0. The Morgan fingerprint density at radius 3 is 2.65 bits per heavy atom. The van der Waals surface area contributed by atoms with Crippen LogP contribution in [0.15, 0.2) is 18.2 Å². The molecule has 110 valence electrons. The monoisotopic (exact) mass is 283 g/mol. The quantitative estimate of drug-likeness (QED) is 0.810. The fraction of sp³-hybridized carbons (Fsp3) is 0.429. The van der Waals surface area contributed by atoms with Gasteiger partial charge >= 0.3 is 5.97 Å². The number of amides is 1. The highest BCUT2D eigenvalue weighted by molar-refractivity contribution is 5.91. The number of methoxy groups -OCH3 is 1. The molecule has 1 unspecified atom stereocenters. The van der Waals surface area contributed by atoms with Gasteiger partial charge in [0.15, 0.2) is 18.2 Å². The number of benzene rings is 1. The minimum Gasteiger partial charge on any atom is -0.494 e. The van der Waals surface area contributed by atoms with Gasteiger partial charge < -0.3 is 14.8 Å². The first-order chi connectivity index (χ1) is 9.47. The van der Waals surface area contributed by atoms with Crippen molar-refractivity contribution in [3.8, 4) is 5.75 Å². The standard InChI is InChI=1S/C14H18FNO4/c1-4-9(2)16-13(17)8-20-14(18)10-5-6-12(19-3)11(15)7-10/h5-7,9H,4,8H2,1-3H3,(H,16,17). The summed E-state index contributed by atoms with van der Waals surface area (Å²) in [6.07, 6.45) is 0.781. The first-order valence-corrected chi connectivity index (χ1v) is 6.28. The maximum absolute atomic E-state index is 13.4. The lowest BCUT2D eigenvalue weighted by Crippen LogP contribution is -2.35. The van der Waals surface area contributed by atoms with Gasteiger partial charge in [0, 0.05) is 6.04 Å². The van der Waals surface area contributed by atoms with Gasteiger partial charge in [-0.05, 0) is 31.5 Å². The second-order valence-corrected chi connectivity index (χ2v) is 4.30. The van der Waals surface area contributed by atoms with Crippen molar-refractivity contribution in [1.29, 1.82) is 0 Å². The Labute approximate surface area is 117 Å². The summed E-state index contributed by atoms with van der Waals surface area (Å²) in [7, 11) is 1.33. The van der Waals surface area contributed by atoms with Crippen LogP contribution >= 0.6 is 0 Å². The van der Waals surface area contributed by atoms with E-state index in [1.54, 1.807) is 0 Å². The predicted molar refractivity (Wildman–Crippen MR) is 71.1 cm³/mol. The highest BCUT2D eigenvalue weighted by Crippen LogP contribution is 2.18. The van der Waals surface area contributed by atoms with Crippen LogP contribution in [-0.2, 0) is 9.53 Å². The topological polar surface area (TPSA) is 64.6 Å². The fourth-order valence-electron chi connectivity index (χ4n) is 1.43. The molecule has 1 atom stereocenters. The minimum atomic E-state index is -0.758. The van der Waals surface area contributed by atoms with Gasteiger partial charge in [-0.1, -0.05) is 6.92 Å². The summed E-state index contributed by atoms with van der Waals surface area (Å²) in [5, 5.41) is 2.66. The Morgan fingerprint density at radius 2 is 2.10 bits per heavy atom. The largest absolute Gasteiger partial charge is 0.494 e. The lowest BCUT2D eigenvalue weighted by molar-refractivity contribution is -0.124. The van der Waals surface area contributed by atoms with Crippen LogP contribution in [0.4, 0.5) is 4.39 Å². The third-order valence-electron chi connectivity index (χ3n) is 2.74. The second-order valence-electron chi connectivity index (χ2n) is 4.30. The van der Waals surface area contributed by atoms with E-state index in [2.05, 4.69) is 5.32 Å². The molecule has 0 aliphatic carbocycles. The summed E-state index contributed by atoms with van der Waals surface area (Å²) in [6.45, 7) is 3.38. The minimum absolute atomic E-state index is 0.0135.